The fraction of sp³-hybridized carbons (Fsp3) is 0.150. The average Bonchev–Trinajstić information content (AvgIpc) is 3.12. The monoisotopic (exact) mass is 413 g/mol. The van der Waals surface area contributed by atoms with E-state index >= 15 is 0 Å². The average molecular weight is 413 g/mol. The van der Waals surface area contributed by atoms with Gasteiger partial charge in [0.15, 0.2) is 0 Å². The van der Waals surface area contributed by atoms with Gasteiger partial charge < -0.3 is 26.9 Å². The smallest absolute Gasteiger partial charge is 0.250 e. The SMILES string of the molecule is Cc1cc(Nc2cc(NC(C=O)C(N)c3ccccc3)c(F)cc2C(N)=O)sn1. The first-order valence-electron chi connectivity index (χ1n) is 8.75. The van der Waals surface area contributed by atoms with E-state index in [1.54, 1.807) is 30.3 Å². The summed E-state index contributed by atoms with van der Waals surface area (Å²) in [4.78, 5) is 23.4. The molecule has 3 rings (SSSR count). The Balaban J connectivity index is 1.92. The number of halogens is 1. The quantitative estimate of drug-likeness (QED) is 0.421. The minimum Gasteiger partial charge on any atom is -0.372 e. The van der Waals surface area contributed by atoms with E-state index in [4.69, 9.17) is 11.5 Å². The van der Waals surface area contributed by atoms with E-state index in [0.29, 0.717) is 17.0 Å². The molecule has 29 heavy (non-hydrogen) atoms. The standard InChI is InChI=1S/C20H20FN5O2S/c1-11-7-18(29-26-11)25-15-9-16(14(21)8-13(15)20(23)28)24-17(10-27)19(22)12-5-3-2-4-6-12/h2-10,17,19,24-25H,22H2,1H3,(H2,23,28). The molecule has 0 saturated heterocycles. The number of aromatic nitrogens is 1. The van der Waals surface area contributed by atoms with Gasteiger partial charge in [0.05, 0.1) is 28.7 Å². The molecule has 0 radical (unpaired) electrons. The molecule has 9 heteroatoms. The summed E-state index contributed by atoms with van der Waals surface area (Å²) in [5.74, 6) is -1.51. The molecule has 1 aromatic heterocycles. The number of aryl methyl sites for hydroxylation is 1. The van der Waals surface area contributed by atoms with E-state index in [1.807, 2.05) is 13.0 Å². The van der Waals surface area contributed by atoms with Crippen LogP contribution in [0.4, 0.5) is 20.8 Å². The van der Waals surface area contributed by atoms with Crippen molar-refractivity contribution in [3.05, 3.63) is 71.2 Å². The van der Waals surface area contributed by atoms with Crippen LogP contribution in [0.1, 0.15) is 27.7 Å². The Labute approximate surface area is 171 Å². The van der Waals surface area contributed by atoms with E-state index in [-0.39, 0.29) is 11.3 Å². The molecule has 2 aromatic carbocycles. The number of nitrogens with two attached hydrogens (primary N) is 2. The molecule has 1 heterocycles. The number of primary amides is 1. The lowest BCUT2D eigenvalue weighted by atomic mass is 10.0. The zero-order valence-electron chi connectivity index (χ0n) is 15.6. The van der Waals surface area contributed by atoms with Gasteiger partial charge in [-0.25, -0.2) is 4.39 Å². The predicted molar refractivity (Wildman–Crippen MR) is 112 cm³/mol. The Morgan fingerprint density at radius 1 is 1.21 bits per heavy atom. The van der Waals surface area contributed by atoms with Gasteiger partial charge in [-0.15, -0.1) is 0 Å². The predicted octanol–water partition coefficient (Wildman–Crippen LogP) is 3.11. The van der Waals surface area contributed by atoms with Crippen LogP contribution in [0, 0.1) is 12.7 Å². The van der Waals surface area contributed by atoms with Gasteiger partial charge in [-0.2, -0.15) is 4.37 Å². The van der Waals surface area contributed by atoms with Gasteiger partial charge in [-0.05, 0) is 42.2 Å². The van der Waals surface area contributed by atoms with E-state index < -0.39 is 23.8 Å². The second-order valence-corrected chi connectivity index (χ2v) is 7.25. The fourth-order valence-electron chi connectivity index (χ4n) is 2.82. The summed E-state index contributed by atoms with van der Waals surface area (Å²) in [6, 6.07) is 11.6. The molecule has 0 aliphatic carbocycles. The van der Waals surface area contributed by atoms with Gasteiger partial charge in [0.25, 0.3) is 5.91 Å². The number of rotatable bonds is 8. The van der Waals surface area contributed by atoms with Gasteiger partial charge in [0, 0.05) is 0 Å². The number of anilines is 3. The summed E-state index contributed by atoms with van der Waals surface area (Å²) >= 11 is 1.19. The number of aldehydes is 1. The number of hydrogen-bond donors (Lipinski definition) is 4. The topological polar surface area (TPSA) is 123 Å². The lowest BCUT2D eigenvalue weighted by Crippen LogP contribution is -2.34. The Bertz CT molecular complexity index is 1020. The maximum Gasteiger partial charge on any atom is 0.250 e. The summed E-state index contributed by atoms with van der Waals surface area (Å²) < 4.78 is 18.8. The highest BCUT2D eigenvalue weighted by molar-refractivity contribution is 7.10. The molecule has 150 valence electrons. The first kappa shape index (κ1) is 20.4. The molecular weight excluding hydrogens is 393 g/mol. The van der Waals surface area contributed by atoms with Crippen LogP contribution in [0.15, 0.2) is 48.5 Å². The largest absolute Gasteiger partial charge is 0.372 e. The molecule has 1 amide bonds. The van der Waals surface area contributed by atoms with Crippen molar-refractivity contribution in [1.82, 2.24) is 4.37 Å². The van der Waals surface area contributed by atoms with Crippen LogP contribution in [-0.4, -0.2) is 22.6 Å². The molecule has 0 bridgehead atoms. The molecule has 3 aromatic rings. The van der Waals surface area contributed by atoms with Crippen molar-refractivity contribution < 1.29 is 14.0 Å². The highest BCUT2D eigenvalue weighted by Gasteiger charge is 2.22. The lowest BCUT2D eigenvalue weighted by molar-refractivity contribution is -0.108. The first-order valence-corrected chi connectivity index (χ1v) is 9.52. The van der Waals surface area contributed by atoms with Crippen LogP contribution in [0.25, 0.3) is 0 Å². The van der Waals surface area contributed by atoms with Crippen molar-refractivity contribution in [3.63, 3.8) is 0 Å². The van der Waals surface area contributed by atoms with Crippen LogP contribution in [-0.2, 0) is 4.79 Å². The molecule has 2 atom stereocenters. The number of carbonyl (C=O) groups excluding carboxylic acids is 2. The van der Waals surface area contributed by atoms with Crippen molar-refractivity contribution in [3.8, 4) is 0 Å². The van der Waals surface area contributed by atoms with Gasteiger partial charge in [-0.1, -0.05) is 30.3 Å². The molecule has 0 aliphatic rings. The summed E-state index contributed by atoms with van der Waals surface area (Å²) in [5, 5.41) is 6.51. The van der Waals surface area contributed by atoms with Crippen LogP contribution >= 0.6 is 11.5 Å². The molecule has 6 N–H and O–H groups in total. The van der Waals surface area contributed by atoms with Gasteiger partial charge >= 0.3 is 0 Å². The Kier molecular flexibility index (Phi) is 6.20. The summed E-state index contributed by atoms with van der Waals surface area (Å²) in [6.45, 7) is 1.83. The van der Waals surface area contributed by atoms with Crippen LogP contribution in [0.2, 0.25) is 0 Å². The zero-order valence-corrected chi connectivity index (χ0v) is 16.4. The Morgan fingerprint density at radius 3 is 2.52 bits per heavy atom. The zero-order chi connectivity index (χ0) is 21.0. The molecule has 0 spiro atoms. The van der Waals surface area contributed by atoms with Crippen molar-refractivity contribution in [1.29, 1.82) is 0 Å². The minimum atomic E-state index is -0.884. The van der Waals surface area contributed by atoms with Gasteiger partial charge in [0.2, 0.25) is 0 Å². The van der Waals surface area contributed by atoms with E-state index in [1.165, 1.54) is 17.6 Å². The molecule has 0 aliphatic heterocycles. The molecule has 0 fully saturated rings. The van der Waals surface area contributed by atoms with Crippen molar-refractivity contribution in [2.45, 2.75) is 19.0 Å². The second-order valence-electron chi connectivity index (χ2n) is 6.44. The first-order chi connectivity index (χ1) is 13.9. The second kappa shape index (κ2) is 8.80. The van der Waals surface area contributed by atoms with Gasteiger partial charge in [-0.3, -0.25) is 4.79 Å². The number of benzene rings is 2. The molecule has 0 saturated carbocycles. The number of hydrogen-bond acceptors (Lipinski definition) is 7. The van der Waals surface area contributed by atoms with Crippen LogP contribution in [0.5, 0.6) is 0 Å². The molecule has 7 nitrogen and oxygen atoms in total. The highest BCUT2D eigenvalue weighted by Crippen LogP contribution is 2.30. The van der Waals surface area contributed by atoms with Crippen LogP contribution in [0.3, 0.4) is 0 Å². The number of nitrogens with one attached hydrogen (secondary N) is 2. The lowest BCUT2D eigenvalue weighted by Gasteiger charge is -2.22. The van der Waals surface area contributed by atoms with Crippen LogP contribution < -0.4 is 22.1 Å². The van der Waals surface area contributed by atoms with E-state index in [9.17, 15) is 14.0 Å². The maximum absolute atomic E-state index is 14.6. The highest BCUT2D eigenvalue weighted by atomic mass is 32.1. The fourth-order valence-corrected chi connectivity index (χ4v) is 3.49. The summed E-state index contributed by atoms with van der Waals surface area (Å²) in [6.07, 6.45) is 0.624. The minimum absolute atomic E-state index is 0.0159. The number of amides is 1. The van der Waals surface area contributed by atoms with Crippen molar-refractivity contribution in [2.75, 3.05) is 10.6 Å². The Hall–Kier alpha value is -3.30. The summed E-state index contributed by atoms with van der Waals surface area (Å²) in [5.41, 5.74) is 13.4. The molecular formula is C20H20FN5O2S. The maximum atomic E-state index is 14.6. The van der Waals surface area contributed by atoms with Gasteiger partial charge in [0.1, 0.15) is 23.1 Å². The van der Waals surface area contributed by atoms with E-state index in [0.717, 1.165) is 17.3 Å². The number of nitrogens with zero attached hydrogens (tertiary/aromatic N) is 1. The van der Waals surface area contributed by atoms with Crippen molar-refractivity contribution in [2.24, 2.45) is 11.5 Å². The third kappa shape index (κ3) is 4.76. The van der Waals surface area contributed by atoms with Crippen molar-refractivity contribution >= 4 is 40.1 Å². The third-order valence-electron chi connectivity index (χ3n) is 4.30. The normalized spacial score (nSPS) is 12.8. The third-order valence-corrected chi connectivity index (χ3v) is 5.09. The van der Waals surface area contributed by atoms with E-state index in [2.05, 4.69) is 15.0 Å². The summed E-state index contributed by atoms with van der Waals surface area (Å²) in [7, 11) is 0. The molecule has 2 unspecified atom stereocenters. The number of carbonyl (C=O) groups is 2. The Morgan fingerprint density at radius 2 is 1.93 bits per heavy atom.